The van der Waals surface area contributed by atoms with Crippen molar-refractivity contribution in [3.8, 4) is 0 Å². The zero-order chi connectivity index (χ0) is 17.6. The molecule has 0 heterocycles. The average Bonchev–Trinajstić information content (AvgIpc) is 2.61. The van der Waals surface area contributed by atoms with E-state index in [1.54, 1.807) is 18.2 Å². The van der Waals surface area contributed by atoms with Gasteiger partial charge in [0.1, 0.15) is 11.9 Å². The van der Waals surface area contributed by atoms with Gasteiger partial charge >= 0.3 is 0 Å². The van der Waals surface area contributed by atoms with Crippen LogP contribution in [0.15, 0.2) is 48.5 Å². The number of anilines is 1. The molecule has 1 aliphatic rings. The normalized spacial score (nSPS) is 16.2. The molecule has 25 heavy (non-hydrogen) atoms. The van der Waals surface area contributed by atoms with Crippen LogP contribution in [0.1, 0.15) is 43.7 Å². The lowest BCUT2D eigenvalue weighted by Crippen LogP contribution is -2.41. The van der Waals surface area contributed by atoms with Crippen LogP contribution in [0.4, 0.5) is 10.1 Å². The Labute approximate surface area is 152 Å². The molecule has 0 spiro atoms. The molecular weight excluding hydrogens is 339 g/mol. The lowest BCUT2D eigenvalue weighted by atomic mass is 9.95. The Morgan fingerprint density at radius 2 is 1.84 bits per heavy atom. The number of benzene rings is 2. The third-order valence-corrected chi connectivity index (χ3v) is 4.91. The summed E-state index contributed by atoms with van der Waals surface area (Å²) in [6, 6.07) is 12.9. The van der Waals surface area contributed by atoms with Gasteiger partial charge in [-0.2, -0.15) is 0 Å². The van der Waals surface area contributed by atoms with Crippen LogP contribution in [0, 0.1) is 5.82 Å². The first-order valence-corrected chi connectivity index (χ1v) is 9.08. The summed E-state index contributed by atoms with van der Waals surface area (Å²) < 4.78 is 13.5. The standard InChI is InChI=1S/C20H22ClFN2O/c21-18-12-5-4-11-17(18)19(23-16-10-6-7-14(22)13-16)20(25)24-15-8-2-1-3-9-15/h4-7,10-13,15,19,23H,1-3,8-9H2,(H,24,25)/t19-/m0/s1. The fourth-order valence-corrected chi connectivity index (χ4v) is 3.51. The monoisotopic (exact) mass is 360 g/mol. The highest BCUT2D eigenvalue weighted by molar-refractivity contribution is 6.31. The molecule has 1 aliphatic carbocycles. The number of amides is 1. The van der Waals surface area contributed by atoms with Gasteiger partial charge in [-0.3, -0.25) is 4.79 Å². The van der Waals surface area contributed by atoms with E-state index in [1.807, 2.05) is 18.2 Å². The van der Waals surface area contributed by atoms with E-state index in [1.165, 1.54) is 18.6 Å². The van der Waals surface area contributed by atoms with Gasteiger partial charge in [-0.15, -0.1) is 0 Å². The van der Waals surface area contributed by atoms with Gasteiger partial charge < -0.3 is 10.6 Å². The van der Waals surface area contributed by atoms with Crippen molar-refractivity contribution < 1.29 is 9.18 Å². The second-order valence-electron chi connectivity index (χ2n) is 6.45. The molecule has 2 N–H and O–H groups in total. The van der Waals surface area contributed by atoms with E-state index >= 15 is 0 Å². The maximum Gasteiger partial charge on any atom is 0.247 e. The van der Waals surface area contributed by atoms with Crippen LogP contribution >= 0.6 is 11.6 Å². The zero-order valence-corrected chi connectivity index (χ0v) is 14.7. The number of carbonyl (C=O) groups excluding carboxylic acids is 1. The predicted octanol–water partition coefficient (Wildman–Crippen LogP) is 5.08. The quantitative estimate of drug-likeness (QED) is 0.780. The van der Waals surface area contributed by atoms with Gasteiger partial charge in [0.2, 0.25) is 5.91 Å². The number of halogens is 2. The fourth-order valence-electron chi connectivity index (χ4n) is 3.27. The van der Waals surface area contributed by atoms with Gasteiger partial charge in [0, 0.05) is 22.3 Å². The van der Waals surface area contributed by atoms with Crippen molar-refractivity contribution in [3.05, 3.63) is 64.9 Å². The third-order valence-electron chi connectivity index (χ3n) is 4.57. The summed E-state index contributed by atoms with van der Waals surface area (Å²) in [4.78, 5) is 12.9. The summed E-state index contributed by atoms with van der Waals surface area (Å²) >= 11 is 6.31. The van der Waals surface area contributed by atoms with Crippen LogP contribution in [0.2, 0.25) is 5.02 Å². The first kappa shape index (κ1) is 17.7. The fraction of sp³-hybridized carbons (Fsp3) is 0.350. The van der Waals surface area contributed by atoms with Crippen LogP contribution in [-0.2, 0) is 4.79 Å². The molecule has 1 amide bonds. The molecule has 2 aromatic carbocycles. The molecule has 1 atom stereocenters. The molecule has 1 fully saturated rings. The highest BCUT2D eigenvalue weighted by atomic mass is 35.5. The number of hydrogen-bond acceptors (Lipinski definition) is 2. The molecule has 1 saturated carbocycles. The SMILES string of the molecule is O=C(NC1CCCCC1)[C@@H](Nc1cccc(F)c1)c1ccccc1Cl. The van der Waals surface area contributed by atoms with E-state index in [0.717, 1.165) is 25.7 Å². The minimum Gasteiger partial charge on any atom is -0.370 e. The van der Waals surface area contributed by atoms with Crippen molar-refractivity contribution in [2.24, 2.45) is 0 Å². The largest absolute Gasteiger partial charge is 0.370 e. The van der Waals surface area contributed by atoms with Crippen LogP contribution in [0.5, 0.6) is 0 Å². The number of rotatable bonds is 5. The number of nitrogens with one attached hydrogen (secondary N) is 2. The summed E-state index contributed by atoms with van der Waals surface area (Å²) in [6.45, 7) is 0. The third kappa shape index (κ3) is 4.73. The van der Waals surface area contributed by atoms with Crippen LogP contribution in [0.3, 0.4) is 0 Å². The average molecular weight is 361 g/mol. The lowest BCUT2D eigenvalue weighted by Gasteiger charge is -2.27. The predicted molar refractivity (Wildman–Crippen MR) is 99.2 cm³/mol. The molecule has 0 unspecified atom stereocenters. The molecule has 0 aromatic heterocycles. The van der Waals surface area contributed by atoms with Crippen molar-refractivity contribution >= 4 is 23.2 Å². The first-order valence-electron chi connectivity index (χ1n) is 8.70. The number of hydrogen-bond donors (Lipinski definition) is 2. The highest BCUT2D eigenvalue weighted by Gasteiger charge is 2.25. The summed E-state index contributed by atoms with van der Waals surface area (Å²) in [6.07, 6.45) is 5.50. The molecule has 5 heteroatoms. The van der Waals surface area contributed by atoms with E-state index in [9.17, 15) is 9.18 Å². The van der Waals surface area contributed by atoms with Crippen molar-refractivity contribution in [1.29, 1.82) is 0 Å². The van der Waals surface area contributed by atoms with Crippen molar-refractivity contribution in [2.45, 2.75) is 44.2 Å². The van der Waals surface area contributed by atoms with E-state index in [0.29, 0.717) is 16.3 Å². The lowest BCUT2D eigenvalue weighted by molar-refractivity contribution is -0.122. The van der Waals surface area contributed by atoms with E-state index in [-0.39, 0.29) is 17.8 Å². The Kier molecular flexibility index (Phi) is 5.92. The second-order valence-corrected chi connectivity index (χ2v) is 6.86. The van der Waals surface area contributed by atoms with Gasteiger partial charge in [0.25, 0.3) is 0 Å². The van der Waals surface area contributed by atoms with Gasteiger partial charge in [-0.1, -0.05) is 55.1 Å². The molecule has 3 rings (SSSR count). The summed E-state index contributed by atoms with van der Waals surface area (Å²) in [5.41, 5.74) is 1.23. The molecule has 0 bridgehead atoms. The molecular formula is C20H22ClFN2O. The van der Waals surface area contributed by atoms with E-state index < -0.39 is 6.04 Å². The topological polar surface area (TPSA) is 41.1 Å². The summed E-state index contributed by atoms with van der Waals surface area (Å²) in [7, 11) is 0. The smallest absolute Gasteiger partial charge is 0.247 e. The van der Waals surface area contributed by atoms with Crippen LogP contribution in [0.25, 0.3) is 0 Å². The van der Waals surface area contributed by atoms with Gasteiger partial charge in [-0.05, 0) is 37.1 Å². The molecule has 0 saturated heterocycles. The molecule has 0 radical (unpaired) electrons. The van der Waals surface area contributed by atoms with E-state index in [2.05, 4.69) is 10.6 Å². The van der Waals surface area contributed by atoms with Crippen LogP contribution in [-0.4, -0.2) is 11.9 Å². The van der Waals surface area contributed by atoms with Gasteiger partial charge in [0.05, 0.1) is 0 Å². The Hall–Kier alpha value is -2.07. The highest BCUT2D eigenvalue weighted by Crippen LogP contribution is 2.27. The van der Waals surface area contributed by atoms with E-state index in [4.69, 9.17) is 11.6 Å². The summed E-state index contributed by atoms with van der Waals surface area (Å²) in [5, 5.41) is 6.76. The minimum absolute atomic E-state index is 0.135. The summed E-state index contributed by atoms with van der Waals surface area (Å²) in [5.74, 6) is -0.486. The van der Waals surface area contributed by atoms with Gasteiger partial charge in [-0.25, -0.2) is 4.39 Å². The Morgan fingerprint density at radius 1 is 1.08 bits per heavy atom. The maximum atomic E-state index is 13.5. The Balaban J connectivity index is 1.83. The molecule has 0 aliphatic heterocycles. The molecule has 2 aromatic rings. The molecule has 3 nitrogen and oxygen atoms in total. The Bertz CT molecular complexity index is 731. The van der Waals surface area contributed by atoms with Crippen LogP contribution < -0.4 is 10.6 Å². The number of carbonyl (C=O) groups is 1. The van der Waals surface area contributed by atoms with Crippen molar-refractivity contribution in [3.63, 3.8) is 0 Å². The zero-order valence-electron chi connectivity index (χ0n) is 14.0. The van der Waals surface area contributed by atoms with Crippen molar-refractivity contribution in [2.75, 3.05) is 5.32 Å². The maximum absolute atomic E-state index is 13.5. The minimum atomic E-state index is -0.669. The Morgan fingerprint density at radius 3 is 2.56 bits per heavy atom. The first-order chi connectivity index (χ1) is 12.1. The van der Waals surface area contributed by atoms with Crippen molar-refractivity contribution in [1.82, 2.24) is 5.32 Å². The molecule has 132 valence electrons. The van der Waals surface area contributed by atoms with Gasteiger partial charge in [0.15, 0.2) is 0 Å². The second kappa shape index (κ2) is 8.34.